The fraction of sp³-hybridized carbons (Fsp3) is 0.214. The van der Waals surface area contributed by atoms with Gasteiger partial charge in [0, 0.05) is 6.54 Å². The van der Waals surface area contributed by atoms with Crippen molar-refractivity contribution in [2.75, 3.05) is 16.8 Å². The van der Waals surface area contributed by atoms with Crippen LogP contribution in [-0.4, -0.2) is 22.4 Å². The number of hydrogen-bond donors (Lipinski definition) is 1. The predicted molar refractivity (Wildman–Crippen MR) is 75.9 cm³/mol. The molecule has 4 rings (SSSR count). The van der Waals surface area contributed by atoms with Crippen LogP contribution in [0.4, 0.5) is 11.5 Å². The standard InChI is InChI=1S/C14H11ClN4O/c15-14-16-7-10-12(18-14)19-6-5-8-3-1-2-4-9(8)11(19)13(20)17-10/h1-4,7,11H,5-6H2,(H,17,20). The van der Waals surface area contributed by atoms with Crippen LogP contribution in [0.1, 0.15) is 17.2 Å². The van der Waals surface area contributed by atoms with Crippen molar-refractivity contribution >= 4 is 29.0 Å². The molecule has 2 aliphatic heterocycles. The van der Waals surface area contributed by atoms with Gasteiger partial charge < -0.3 is 10.2 Å². The first kappa shape index (κ1) is 11.7. The highest BCUT2D eigenvalue weighted by Gasteiger charge is 2.38. The van der Waals surface area contributed by atoms with Crippen molar-refractivity contribution in [1.82, 2.24) is 9.97 Å². The number of amides is 1. The highest BCUT2D eigenvalue weighted by Crippen LogP contribution is 2.40. The van der Waals surface area contributed by atoms with E-state index < -0.39 is 0 Å². The molecule has 0 bridgehead atoms. The maximum atomic E-state index is 12.4. The second kappa shape index (κ2) is 4.18. The van der Waals surface area contributed by atoms with Crippen LogP contribution in [0, 0.1) is 0 Å². The fourth-order valence-corrected chi connectivity index (χ4v) is 3.07. The van der Waals surface area contributed by atoms with E-state index in [1.807, 2.05) is 23.1 Å². The van der Waals surface area contributed by atoms with E-state index in [0.29, 0.717) is 11.5 Å². The summed E-state index contributed by atoms with van der Waals surface area (Å²) < 4.78 is 0. The van der Waals surface area contributed by atoms with E-state index in [2.05, 4.69) is 21.4 Å². The normalized spacial score (nSPS) is 19.8. The average Bonchev–Trinajstić information content (AvgIpc) is 2.47. The Balaban J connectivity index is 1.89. The molecule has 5 nitrogen and oxygen atoms in total. The van der Waals surface area contributed by atoms with E-state index in [9.17, 15) is 4.79 Å². The molecule has 2 aliphatic rings. The van der Waals surface area contributed by atoms with Crippen LogP contribution < -0.4 is 10.2 Å². The smallest absolute Gasteiger partial charge is 0.251 e. The van der Waals surface area contributed by atoms with Gasteiger partial charge in [0.05, 0.1) is 6.20 Å². The molecule has 20 heavy (non-hydrogen) atoms. The van der Waals surface area contributed by atoms with Gasteiger partial charge in [-0.25, -0.2) is 4.98 Å². The maximum absolute atomic E-state index is 12.4. The largest absolute Gasteiger partial charge is 0.338 e. The molecule has 1 unspecified atom stereocenters. The van der Waals surface area contributed by atoms with E-state index in [1.54, 1.807) is 6.20 Å². The number of rotatable bonds is 0. The zero-order chi connectivity index (χ0) is 13.7. The number of nitrogens with zero attached hydrogens (tertiary/aromatic N) is 3. The fourth-order valence-electron chi connectivity index (χ4n) is 2.94. The Hall–Kier alpha value is -2.14. The molecule has 3 heterocycles. The first-order valence-corrected chi connectivity index (χ1v) is 6.80. The molecule has 0 radical (unpaired) electrons. The lowest BCUT2D eigenvalue weighted by molar-refractivity contribution is -0.118. The Bertz CT molecular complexity index is 718. The summed E-state index contributed by atoms with van der Waals surface area (Å²) in [6.45, 7) is 0.745. The summed E-state index contributed by atoms with van der Waals surface area (Å²) in [7, 11) is 0. The van der Waals surface area contributed by atoms with E-state index in [0.717, 1.165) is 18.5 Å². The molecule has 100 valence electrons. The monoisotopic (exact) mass is 286 g/mol. The van der Waals surface area contributed by atoms with Gasteiger partial charge in [-0.05, 0) is 29.1 Å². The molecular weight excluding hydrogens is 276 g/mol. The minimum atomic E-state index is -0.335. The average molecular weight is 287 g/mol. The maximum Gasteiger partial charge on any atom is 0.251 e. The highest BCUT2D eigenvalue weighted by atomic mass is 35.5. The van der Waals surface area contributed by atoms with Gasteiger partial charge in [0.25, 0.3) is 5.91 Å². The summed E-state index contributed by atoms with van der Waals surface area (Å²) >= 11 is 5.88. The Morgan fingerprint density at radius 3 is 3.10 bits per heavy atom. The van der Waals surface area contributed by atoms with E-state index in [1.165, 1.54) is 5.56 Å². The lowest BCUT2D eigenvalue weighted by atomic mass is 9.91. The topological polar surface area (TPSA) is 58.1 Å². The van der Waals surface area contributed by atoms with Gasteiger partial charge >= 0.3 is 0 Å². The number of benzene rings is 1. The van der Waals surface area contributed by atoms with Crippen LogP contribution in [-0.2, 0) is 11.2 Å². The molecule has 1 aromatic heterocycles. The number of halogens is 1. The number of aromatic nitrogens is 2. The zero-order valence-corrected chi connectivity index (χ0v) is 11.3. The van der Waals surface area contributed by atoms with E-state index in [-0.39, 0.29) is 17.2 Å². The number of anilines is 2. The van der Waals surface area contributed by atoms with Crippen LogP contribution in [0.3, 0.4) is 0 Å². The zero-order valence-electron chi connectivity index (χ0n) is 10.5. The third-order valence-corrected chi connectivity index (χ3v) is 3.98. The van der Waals surface area contributed by atoms with Crippen molar-refractivity contribution in [2.45, 2.75) is 12.5 Å². The Kier molecular flexibility index (Phi) is 2.44. The number of nitrogens with one attached hydrogen (secondary N) is 1. The molecule has 0 fully saturated rings. The third kappa shape index (κ3) is 1.59. The van der Waals surface area contributed by atoms with Crippen LogP contribution in [0.2, 0.25) is 5.28 Å². The summed E-state index contributed by atoms with van der Waals surface area (Å²) in [6.07, 6.45) is 2.44. The second-order valence-corrected chi connectivity index (χ2v) is 5.25. The van der Waals surface area contributed by atoms with Gasteiger partial charge in [-0.1, -0.05) is 24.3 Å². The van der Waals surface area contributed by atoms with Gasteiger partial charge in [-0.15, -0.1) is 0 Å². The molecule has 2 aromatic rings. The van der Waals surface area contributed by atoms with E-state index >= 15 is 0 Å². The SMILES string of the molecule is O=C1Nc2cnc(Cl)nc2N2CCc3ccccc3C12. The van der Waals surface area contributed by atoms with Crippen molar-refractivity contribution < 1.29 is 4.79 Å². The van der Waals surface area contributed by atoms with Gasteiger partial charge in [-0.2, -0.15) is 4.98 Å². The van der Waals surface area contributed by atoms with Gasteiger partial charge in [0.1, 0.15) is 11.7 Å². The molecule has 0 spiro atoms. The first-order valence-electron chi connectivity index (χ1n) is 6.42. The number of carbonyl (C=O) groups excluding carboxylic acids is 1. The van der Waals surface area contributed by atoms with E-state index in [4.69, 9.17) is 11.6 Å². The summed E-state index contributed by atoms with van der Waals surface area (Å²) in [5.74, 6) is 0.652. The molecule has 1 atom stereocenters. The van der Waals surface area contributed by atoms with Crippen LogP contribution >= 0.6 is 11.6 Å². The molecule has 0 saturated carbocycles. The third-order valence-electron chi connectivity index (χ3n) is 3.80. The summed E-state index contributed by atoms with van der Waals surface area (Å²) in [5, 5.41) is 3.06. The number of hydrogen-bond acceptors (Lipinski definition) is 4. The van der Waals surface area contributed by atoms with Crippen molar-refractivity contribution in [1.29, 1.82) is 0 Å². The lowest BCUT2D eigenvalue weighted by Gasteiger charge is -2.40. The molecular formula is C14H11ClN4O. The molecule has 0 aliphatic carbocycles. The Morgan fingerprint density at radius 1 is 1.35 bits per heavy atom. The number of carbonyl (C=O) groups is 1. The quantitative estimate of drug-likeness (QED) is 0.754. The summed E-state index contributed by atoms with van der Waals surface area (Å²) in [6, 6.07) is 7.70. The minimum Gasteiger partial charge on any atom is -0.338 e. The van der Waals surface area contributed by atoms with Crippen molar-refractivity contribution in [3.8, 4) is 0 Å². The first-order chi connectivity index (χ1) is 9.74. The predicted octanol–water partition coefficient (Wildman–Crippen LogP) is 2.19. The summed E-state index contributed by atoms with van der Waals surface area (Å²) in [4.78, 5) is 22.6. The molecule has 1 aromatic carbocycles. The Morgan fingerprint density at radius 2 is 2.20 bits per heavy atom. The summed E-state index contributed by atoms with van der Waals surface area (Å²) in [5.41, 5.74) is 2.87. The second-order valence-electron chi connectivity index (χ2n) is 4.91. The van der Waals surface area contributed by atoms with Crippen LogP contribution in [0.25, 0.3) is 0 Å². The van der Waals surface area contributed by atoms with Gasteiger partial charge in [0.2, 0.25) is 5.28 Å². The Labute approximate surface area is 120 Å². The molecule has 1 amide bonds. The van der Waals surface area contributed by atoms with Gasteiger partial charge in [0.15, 0.2) is 5.82 Å². The van der Waals surface area contributed by atoms with Crippen LogP contribution in [0.15, 0.2) is 30.5 Å². The lowest BCUT2D eigenvalue weighted by Crippen LogP contribution is -2.46. The van der Waals surface area contributed by atoms with Crippen molar-refractivity contribution in [2.24, 2.45) is 0 Å². The number of fused-ring (bicyclic) bond motifs is 5. The highest BCUT2D eigenvalue weighted by molar-refractivity contribution is 6.28. The molecule has 1 N–H and O–H groups in total. The van der Waals surface area contributed by atoms with Crippen LogP contribution in [0.5, 0.6) is 0 Å². The van der Waals surface area contributed by atoms with Gasteiger partial charge in [-0.3, -0.25) is 4.79 Å². The van der Waals surface area contributed by atoms with Crippen molar-refractivity contribution in [3.05, 3.63) is 46.9 Å². The molecule has 6 heteroatoms. The minimum absolute atomic E-state index is 0.0458. The molecule has 0 saturated heterocycles. The van der Waals surface area contributed by atoms with Crippen molar-refractivity contribution in [3.63, 3.8) is 0 Å².